The Morgan fingerprint density at radius 3 is 2.65 bits per heavy atom. The molecule has 0 fully saturated rings. The molecule has 5 nitrogen and oxygen atoms in total. The van der Waals surface area contributed by atoms with Gasteiger partial charge in [0.05, 0.1) is 24.4 Å². The first-order chi connectivity index (χ1) is 12.7. The summed E-state index contributed by atoms with van der Waals surface area (Å²) in [4.78, 5) is 20.8. The summed E-state index contributed by atoms with van der Waals surface area (Å²) >= 11 is 1.67. The fraction of sp³-hybridized carbons (Fsp3) is 0.150. The first kappa shape index (κ1) is 17.9. The van der Waals surface area contributed by atoms with Crippen LogP contribution >= 0.6 is 11.8 Å². The second kappa shape index (κ2) is 9.01. The third-order valence-electron chi connectivity index (χ3n) is 3.69. The van der Waals surface area contributed by atoms with Gasteiger partial charge in [0.15, 0.2) is 0 Å². The molecule has 0 atom stereocenters. The number of pyridine rings is 2. The smallest absolute Gasteiger partial charge is 0.251 e. The van der Waals surface area contributed by atoms with Crippen molar-refractivity contribution < 1.29 is 9.53 Å². The lowest BCUT2D eigenvalue weighted by Gasteiger charge is -2.07. The zero-order valence-electron chi connectivity index (χ0n) is 14.4. The zero-order valence-corrected chi connectivity index (χ0v) is 15.2. The Bertz CT molecular complexity index is 854. The van der Waals surface area contributed by atoms with Crippen LogP contribution in [0.3, 0.4) is 0 Å². The maximum atomic E-state index is 12.3. The molecule has 1 amide bonds. The molecule has 6 heteroatoms. The Kier molecular flexibility index (Phi) is 6.22. The van der Waals surface area contributed by atoms with Crippen LogP contribution in [0, 0.1) is 0 Å². The van der Waals surface area contributed by atoms with Gasteiger partial charge in [-0.2, -0.15) is 0 Å². The van der Waals surface area contributed by atoms with E-state index in [4.69, 9.17) is 4.74 Å². The number of rotatable bonds is 7. The van der Waals surface area contributed by atoms with Gasteiger partial charge >= 0.3 is 0 Å². The topological polar surface area (TPSA) is 64.1 Å². The molecule has 3 aromatic rings. The van der Waals surface area contributed by atoms with Crippen molar-refractivity contribution in [2.45, 2.75) is 17.3 Å². The average molecular weight is 365 g/mol. The minimum atomic E-state index is -0.126. The molecule has 0 unspecified atom stereocenters. The predicted octanol–water partition coefficient (Wildman–Crippen LogP) is 3.71. The summed E-state index contributed by atoms with van der Waals surface area (Å²) in [5.74, 6) is 1.41. The largest absolute Gasteiger partial charge is 0.497 e. The van der Waals surface area contributed by atoms with Gasteiger partial charge in [0, 0.05) is 29.8 Å². The molecule has 0 radical (unpaired) electrons. The summed E-state index contributed by atoms with van der Waals surface area (Å²) in [7, 11) is 1.60. The van der Waals surface area contributed by atoms with E-state index in [2.05, 4.69) is 15.3 Å². The van der Waals surface area contributed by atoms with E-state index in [0.29, 0.717) is 12.1 Å². The van der Waals surface area contributed by atoms with Crippen LogP contribution in [0.5, 0.6) is 5.75 Å². The van der Waals surface area contributed by atoms with E-state index in [1.165, 1.54) is 0 Å². The molecule has 0 bridgehead atoms. The number of nitrogens with one attached hydrogen (secondary N) is 1. The third kappa shape index (κ3) is 5.07. The lowest BCUT2D eigenvalue weighted by Crippen LogP contribution is -2.23. The second-order valence-electron chi connectivity index (χ2n) is 5.52. The van der Waals surface area contributed by atoms with Crippen LogP contribution in [0.25, 0.3) is 0 Å². The van der Waals surface area contributed by atoms with Gasteiger partial charge in [0.25, 0.3) is 5.91 Å². The first-order valence-electron chi connectivity index (χ1n) is 8.14. The number of carbonyl (C=O) groups excluding carboxylic acids is 1. The standard InChI is InChI=1S/C20H19N3O2S/c1-25-18-9-11-21-17(12-18)13-23-20(24)16-7-5-15(6-8-16)14-26-19-4-2-3-10-22-19/h2-12H,13-14H2,1H3,(H,23,24). The first-order valence-corrected chi connectivity index (χ1v) is 9.13. The minimum Gasteiger partial charge on any atom is -0.497 e. The highest BCUT2D eigenvalue weighted by Crippen LogP contribution is 2.20. The van der Waals surface area contributed by atoms with Crippen molar-refractivity contribution in [3.8, 4) is 5.75 Å². The second-order valence-corrected chi connectivity index (χ2v) is 6.52. The lowest BCUT2D eigenvalue weighted by atomic mass is 10.1. The predicted molar refractivity (Wildman–Crippen MR) is 102 cm³/mol. The Morgan fingerprint density at radius 1 is 1.08 bits per heavy atom. The van der Waals surface area contributed by atoms with E-state index < -0.39 is 0 Å². The highest BCUT2D eigenvalue weighted by Gasteiger charge is 2.06. The number of aromatic nitrogens is 2. The van der Waals surface area contributed by atoms with Crippen molar-refractivity contribution in [3.05, 3.63) is 83.8 Å². The van der Waals surface area contributed by atoms with Crippen LogP contribution in [0.1, 0.15) is 21.6 Å². The van der Waals surface area contributed by atoms with E-state index in [9.17, 15) is 4.79 Å². The number of benzene rings is 1. The van der Waals surface area contributed by atoms with Gasteiger partial charge in [-0.1, -0.05) is 18.2 Å². The normalized spacial score (nSPS) is 10.3. The van der Waals surface area contributed by atoms with Crippen molar-refractivity contribution in [3.63, 3.8) is 0 Å². The van der Waals surface area contributed by atoms with Crippen LogP contribution in [-0.2, 0) is 12.3 Å². The average Bonchev–Trinajstić information content (AvgIpc) is 2.72. The summed E-state index contributed by atoms with van der Waals surface area (Å²) in [5.41, 5.74) is 2.52. The van der Waals surface area contributed by atoms with Gasteiger partial charge in [-0.3, -0.25) is 9.78 Å². The van der Waals surface area contributed by atoms with Crippen molar-refractivity contribution in [2.24, 2.45) is 0 Å². The van der Waals surface area contributed by atoms with Gasteiger partial charge in [-0.05, 0) is 35.9 Å². The quantitative estimate of drug-likeness (QED) is 0.647. The van der Waals surface area contributed by atoms with Crippen LogP contribution in [0.4, 0.5) is 0 Å². The van der Waals surface area contributed by atoms with Gasteiger partial charge in [-0.15, -0.1) is 11.8 Å². The molecule has 1 N–H and O–H groups in total. The molecule has 26 heavy (non-hydrogen) atoms. The zero-order chi connectivity index (χ0) is 18.2. The SMILES string of the molecule is COc1ccnc(CNC(=O)c2ccc(CSc3ccccn3)cc2)c1. The lowest BCUT2D eigenvalue weighted by molar-refractivity contribution is 0.0950. The summed E-state index contributed by atoms with van der Waals surface area (Å²) in [6.07, 6.45) is 3.45. The van der Waals surface area contributed by atoms with Crippen molar-refractivity contribution in [2.75, 3.05) is 7.11 Å². The summed E-state index contributed by atoms with van der Waals surface area (Å²) in [6.45, 7) is 0.354. The molecule has 1 aromatic carbocycles. The number of methoxy groups -OCH3 is 1. The maximum absolute atomic E-state index is 12.3. The summed E-state index contributed by atoms with van der Waals surface area (Å²) < 4.78 is 5.16. The molecule has 0 saturated carbocycles. The summed E-state index contributed by atoms with van der Waals surface area (Å²) in [6, 6.07) is 17.0. The van der Waals surface area contributed by atoms with Gasteiger partial charge in [-0.25, -0.2) is 4.98 Å². The number of nitrogens with zero attached hydrogens (tertiary/aromatic N) is 2. The summed E-state index contributed by atoms with van der Waals surface area (Å²) in [5, 5.41) is 3.86. The highest BCUT2D eigenvalue weighted by atomic mass is 32.2. The monoisotopic (exact) mass is 365 g/mol. The molecule has 0 aliphatic rings. The van der Waals surface area contributed by atoms with E-state index in [1.54, 1.807) is 43.4 Å². The minimum absolute atomic E-state index is 0.126. The Hall–Kier alpha value is -2.86. The van der Waals surface area contributed by atoms with Crippen molar-refractivity contribution >= 4 is 17.7 Å². The van der Waals surface area contributed by atoms with Gasteiger partial charge < -0.3 is 10.1 Å². The molecular weight excluding hydrogens is 346 g/mol. The van der Waals surface area contributed by atoms with Crippen LogP contribution in [0.15, 0.2) is 72.0 Å². The molecule has 2 heterocycles. The van der Waals surface area contributed by atoms with Crippen LogP contribution in [0.2, 0.25) is 0 Å². The number of thioether (sulfide) groups is 1. The van der Waals surface area contributed by atoms with Gasteiger partial charge in [0.1, 0.15) is 5.75 Å². The Morgan fingerprint density at radius 2 is 1.92 bits per heavy atom. The molecular formula is C20H19N3O2S. The molecule has 0 aliphatic heterocycles. The maximum Gasteiger partial charge on any atom is 0.251 e. The Balaban J connectivity index is 1.53. The fourth-order valence-electron chi connectivity index (χ4n) is 2.29. The number of ether oxygens (including phenoxy) is 1. The van der Waals surface area contributed by atoms with Crippen molar-refractivity contribution in [1.82, 2.24) is 15.3 Å². The molecule has 0 aliphatic carbocycles. The fourth-order valence-corrected chi connectivity index (χ4v) is 3.11. The number of hydrogen-bond acceptors (Lipinski definition) is 5. The van der Waals surface area contributed by atoms with E-state index in [1.807, 2.05) is 42.5 Å². The molecule has 0 saturated heterocycles. The van der Waals surface area contributed by atoms with E-state index >= 15 is 0 Å². The molecule has 3 rings (SSSR count). The Labute approximate surface area is 156 Å². The number of amides is 1. The third-order valence-corrected chi connectivity index (χ3v) is 4.71. The van der Waals surface area contributed by atoms with Crippen LogP contribution < -0.4 is 10.1 Å². The molecule has 0 spiro atoms. The number of carbonyl (C=O) groups is 1. The van der Waals surface area contributed by atoms with E-state index in [-0.39, 0.29) is 5.91 Å². The molecule has 132 valence electrons. The molecule has 2 aromatic heterocycles. The van der Waals surface area contributed by atoms with Crippen LogP contribution in [-0.4, -0.2) is 23.0 Å². The highest BCUT2D eigenvalue weighted by molar-refractivity contribution is 7.98. The number of hydrogen-bond donors (Lipinski definition) is 1. The van der Waals surface area contributed by atoms with Gasteiger partial charge in [0.2, 0.25) is 0 Å². The van der Waals surface area contributed by atoms with E-state index in [0.717, 1.165) is 27.8 Å². The van der Waals surface area contributed by atoms with Crippen molar-refractivity contribution in [1.29, 1.82) is 0 Å².